The van der Waals surface area contributed by atoms with E-state index in [1.54, 1.807) is 14.2 Å². The third kappa shape index (κ3) is 3.80. The number of ether oxygens (including phenoxy) is 2. The maximum Gasteiger partial charge on any atom is 0.176 e. The average Bonchev–Trinajstić information content (AvgIpc) is 2.39. The van der Waals surface area contributed by atoms with Gasteiger partial charge in [-0.15, -0.1) is 0 Å². The van der Waals surface area contributed by atoms with Crippen LogP contribution in [0.1, 0.15) is 43.9 Å². The van der Waals surface area contributed by atoms with Gasteiger partial charge < -0.3 is 14.8 Å². The summed E-state index contributed by atoms with van der Waals surface area (Å²) in [6.07, 6.45) is -0.269. The monoisotopic (exact) mass is 251 g/mol. The lowest BCUT2D eigenvalue weighted by molar-refractivity contribution is -0.123. The summed E-state index contributed by atoms with van der Waals surface area (Å²) in [6, 6.07) is 8.70. The van der Waals surface area contributed by atoms with Crippen LogP contribution in [0.3, 0.4) is 0 Å². The van der Waals surface area contributed by atoms with Crippen LogP contribution < -0.4 is 5.32 Å². The minimum atomic E-state index is -0.269. The molecule has 0 saturated heterocycles. The second-order valence-electron chi connectivity index (χ2n) is 4.70. The van der Waals surface area contributed by atoms with E-state index in [1.807, 2.05) is 0 Å². The van der Waals surface area contributed by atoms with E-state index in [-0.39, 0.29) is 12.3 Å². The third-order valence-electron chi connectivity index (χ3n) is 3.12. The number of rotatable bonds is 7. The standard InChI is InChI=1S/C15H25NO2/c1-6-16-14(15(17-4)18-5)13-9-7-12(8-10-13)11(2)3/h7-11,14-16H,6H2,1-5H3. The van der Waals surface area contributed by atoms with Gasteiger partial charge in [-0.05, 0) is 23.6 Å². The zero-order chi connectivity index (χ0) is 13.5. The van der Waals surface area contributed by atoms with Crippen LogP contribution in [0, 0.1) is 0 Å². The first-order valence-corrected chi connectivity index (χ1v) is 6.52. The molecule has 0 saturated carbocycles. The molecule has 0 aliphatic heterocycles. The first-order valence-electron chi connectivity index (χ1n) is 6.52. The molecular weight excluding hydrogens is 226 g/mol. The lowest BCUT2D eigenvalue weighted by atomic mass is 9.99. The molecule has 0 fully saturated rings. The first kappa shape index (κ1) is 15.2. The van der Waals surface area contributed by atoms with Gasteiger partial charge in [0, 0.05) is 14.2 Å². The van der Waals surface area contributed by atoms with E-state index in [4.69, 9.17) is 9.47 Å². The highest BCUT2D eigenvalue weighted by Gasteiger charge is 2.21. The molecule has 1 aromatic carbocycles. The van der Waals surface area contributed by atoms with Crippen molar-refractivity contribution in [1.29, 1.82) is 0 Å². The molecule has 1 N–H and O–H groups in total. The highest BCUT2D eigenvalue weighted by molar-refractivity contribution is 5.27. The summed E-state index contributed by atoms with van der Waals surface area (Å²) < 4.78 is 10.7. The van der Waals surface area contributed by atoms with Crippen LogP contribution in [0.25, 0.3) is 0 Å². The number of likely N-dealkylation sites (N-methyl/N-ethyl adjacent to an activating group) is 1. The highest BCUT2D eigenvalue weighted by atomic mass is 16.7. The summed E-state index contributed by atoms with van der Waals surface area (Å²) in [6.45, 7) is 7.35. The zero-order valence-corrected chi connectivity index (χ0v) is 12.1. The summed E-state index contributed by atoms with van der Waals surface area (Å²) in [5.74, 6) is 0.553. The van der Waals surface area contributed by atoms with Gasteiger partial charge in [0.25, 0.3) is 0 Å². The summed E-state index contributed by atoms with van der Waals surface area (Å²) in [5.41, 5.74) is 2.54. The highest BCUT2D eigenvalue weighted by Crippen LogP contribution is 2.22. The summed E-state index contributed by atoms with van der Waals surface area (Å²) in [5, 5.41) is 3.40. The second kappa shape index (κ2) is 7.52. The number of methoxy groups -OCH3 is 2. The number of hydrogen-bond donors (Lipinski definition) is 1. The maximum absolute atomic E-state index is 5.36. The van der Waals surface area contributed by atoms with Gasteiger partial charge in [0.1, 0.15) is 0 Å². The second-order valence-corrected chi connectivity index (χ2v) is 4.70. The van der Waals surface area contributed by atoms with E-state index >= 15 is 0 Å². The number of hydrogen-bond acceptors (Lipinski definition) is 3. The van der Waals surface area contributed by atoms with Crippen LogP contribution in [0.4, 0.5) is 0 Å². The maximum atomic E-state index is 5.36. The van der Waals surface area contributed by atoms with Crippen LogP contribution in [0.15, 0.2) is 24.3 Å². The summed E-state index contributed by atoms with van der Waals surface area (Å²) >= 11 is 0. The van der Waals surface area contributed by atoms with Crippen LogP contribution in [-0.2, 0) is 9.47 Å². The summed E-state index contributed by atoms with van der Waals surface area (Å²) in [4.78, 5) is 0. The molecule has 0 aromatic heterocycles. The van der Waals surface area contributed by atoms with Gasteiger partial charge in [0.2, 0.25) is 0 Å². The Balaban J connectivity index is 2.91. The normalized spacial score (nSPS) is 13.3. The van der Waals surface area contributed by atoms with Crippen LogP contribution in [0.2, 0.25) is 0 Å². The zero-order valence-electron chi connectivity index (χ0n) is 12.1. The lowest BCUT2D eigenvalue weighted by Crippen LogP contribution is -2.34. The quantitative estimate of drug-likeness (QED) is 0.755. The fourth-order valence-corrected chi connectivity index (χ4v) is 2.05. The predicted octanol–water partition coefficient (Wildman–Crippen LogP) is 3.08. The molecule has 1 rings (SSSR count). The predicted molar refractivity (Wildman–Crippen MR) is 74.8 cm³/mol. The van der Waals surface area contributed by atoms with Crippen molar-refractivity contribution in [3.05, 3.63) is 35.4 Å². The Kier molecular flexibility index (Phi) is 6.33. The molecular formula is C15H25NO2. The molecule has 0 bridgehead atoms. The van der Waals surface area contributed by atoms with Gasteiger partial charge in [-0.2, -0.15) is 0 Å². The van der Waals surface area contributed by atoms with Crippen molar-refractivity contribution in [2.75, 3.05) is 20.8 Å². The smallest absolute Gasteiger partial charge is 0.176 e. The van der Waals surface area contributed by atoms with Gasteiger partial charge in [-0.25, -0.2) is 0 Å². The first-order chi connectivity index (χ1) is 8.63. The van der Waals surface area contributed by atoms with E-state index in [2.05, 4.69) is 50.4 Å². The van der Waals surface area contributed by atoms with Gasteiger partial charge in [0.15, 0.2) is 6.29 Å². The van der Waals surface area contributed by atoms with Crippen molar-refractivity contribution in [2.45, 2.75) is 39.0 Å². The summed E-state index contributed by atoms with van der Waals surface area (Å²) in [7, 11) is 3.34. The largest absolute Gasteiger partial charge is 0.354 e. The molecule has 102 valence electrons. The number of nitrogens with one attached hydrogen (secondary N) is 1. The van der Waals surface area contributed by atoms with Crippen molar-refractivity contribution < 1.29 is 9.47 Å². The fraction of sp³-hybridized carbons (Fsp3) is 0.600. The van der Waals surface area contributed by atoms with Crippen LogP contribution in [-0.4, -0.2) is 27.1 Å². The molecule has 1 unspecified atom stereocenters. The van der Waals surface area contributed by atoms with Crippen molar-refractivity contribution in [1.82, 2.24) is 5.32 Å². The van der Waals surface area contributed by atoms with Gasteiger partial charge >= 0.3 is 0 Å². The molecule has 1 aromatic rings. The molecule has 18 heavy (non-hydrogen) atoms. The van der Waals surface area contributed by atoms with Crippen LogP contribution in [0.5, 0.6) is 0 Å². The molecule has 0 heterocycles. The Labute approximate surface area is 110 Å². The average molecular weight is 251 g/mol. The van der Waals surface area contributed by atoms with Gasteiger partial charge in [-0.3, -0.25) is 0 Å². The van der Waals surface area contributed by atoms with Gasteiger partial charge in [-0.1, -0.05) is 45.0 Å². The molecule has 0 aliphatic rings. The fourth-order valence-electron chi connectivity index (χ4n) is 2.05. The van der Waals surface area contributed by atoms with E-state index in [0.29, 0.717) is 5.92 Å². The Hall–Kier alpha value is -0.900. The van der Waals surface area contributed by atoms with Crippen molar-refractivity contribution in [3.8, 4) is 0 Å². The Morgan fingerprint density at radius 2 is 1.50 bits per heavy atom. The number of benzene rings is 1. The van der Waals surface area contributed by atoms with E-state index in [0.717, 1.165) is 6.54 Å². The van der Waals surface area contributed by atoms with Gasteiger partial charge in [0.05, 0.1) is 6.04 Å². The van der Waals surface area contributed by atoms with E-state index in [9.17, 15) is 0 Å². The molecule has 1 atom stereocenters. The Bertz CT molecular complexity index is 331. The third-order valence-corrected chi connectivity index (χ3v) is 3.12. The van der Waals surface area contributed by atoms with Crippen molar-refractivity contribution in [3.63, 3.8) is 0 Å². The van der Waals surface area contributed by atoms with Crippen molar-refractivity contribution in [2.24, 2.45) is 0 Å². The Morgan fingerprint density at radius 3 is 1.89 bits per heavy atom. The molecule has 3 nitrogen and oxygen atoms in total. The molecule has 3 heteroatoms. The molecule has 0 amide bonds. The Morgan fingerprint density at radius 1 is 1.00 bits per heavy atom. The molecule has 0 aliphatic carbocycles. The molecule has 0 spiro atoms. The van der Waals surface area contributed by atoms with E-state index in [1.165, 1.54) is 11.1 Å². The van der Waals surface area contributed by atoms with Crippen LogP contribution >= 0.6 is 0 Å². The van der Waals surface area contributed by atoms with E-state index < -0.39 is 0 Å². The minimum absolute atomic E-state index is 0.0613. The SMILES string of the molecule is CCNC(c1ccc(C(C)C)cc1)C(OC)OC. The topological polar surface area (TPSA) is 30.5 Å². The minimum Gasteiger partial charge on any atom is -0.354 e. The molecule has 0 radical (unpaired) electrons. The lowest BCUT2D eigenvalue weighted by Gasteiger charge is -2.26. The van der Waals surface area contributed by atoms with Crippen molar-refractivity contribution >= 4 is 0 Å².